The van der Waals surface area contributed by atoms with Crippen LogP contribution in [0.4, 0.5) is 4.48 Å². The molecule has 0 spiro atoms. The van der Waals surface area contributed by atoms with Crippen molar-refractivity contribution >= 4 is 16.6 Å². The number of fused-ring (bicyclic) bond motifs is 4. The van der Waals surface area contributed by atoms with Crippen LogP contribution in [0.25, 0.3) is 16.6 Å². The van der Waals surface area contributed by atoms with Crippen LogP contribution >= 0.6 is 0 Å². The first-order valence-corrected chi connectivity index (χ1v) is 6.26. The van der Waals surface area contributed by atoms with Crippen LogP contribution in [0.15, 0.2) is 48.1 Å². The summed E-state index contributed by atoms with van der Waals surface area (Å²) in [7, 11) is 0. The molecule has 2 aliphatic heterocycles. The van der Waals surface area contributed by atoms with Gasteiger partial charge >= 0.3 is 0 Å². The molecule has 2 nitrogen and oxygen atoms in total. The lowest BCUT2D eigenvalue weighted by atomic mass is 10.0. The van der Waals surface area contributed by atoms with Gasteiger partial charge < -0.3 is 4.57 Å². The number of aromatic nitrogens is 1. The smallest absolute Gasteiger partial charge is 0.0960 e. The zero-order valence-corrected chi connectivity index (χ0v) is 9.94. The third kappa shape index (κ3) is 1.22. The molecule has 0 saturated carbocycles. The Kier molecular flexibility index (Phi) is 1.92. The summed E-state index contributed by atoms with van der Waals surface area (Å²) < 4.78 is 16.3. The molecule has 3 heterocycles. The molecule has 1 aromatic carbocycles. The van der Waals surface area contributed by atoms with E-state index in [1.54, 1.807) is 0 Å². The third-order valence-corrected chi connectivity index (χ3v) is 3.79. The fraction of sp³-hybridized carbons (Fsp3) is 0.200. The number of para-hydroxylation sites is 1. The zero-order valence-electron chi connectivity index (χ0n) is 9.94. The van der Waals surface area contributed by atoms with Crippen LogP contribution in [0.5, 0.6) is 0 Å². The van der Waals surface area contributed by atoms with Crippen molar-refractivity contribution in [3.8, 4) is 0 Å². The molecule has 0 aliphatic carbocycles. The molecule has 18 heavy (non-hydrogen) atoms. The van der Waals surface area contributed by atoms with Crippen LogP contribution in [-0.4, -0.2) is 16.2 Å². The molecule has 3 heteroatoms. The predicted molar refractivity (Wildman–Crippen MR) is 70.4 cm³/mol. The van der Waals surface area contributed by atoms with E-state index in [4.69, 9.17) is 0 Å². The number of hydrogen-bond acceptors (Lipinski definition) is 1. The molecule has 0 saturated heterocycles. The second kappa shape index (κ2) is 3.48. The van der Waals surface area contributed by atoms with Gasteiger partial charge in [-0.05, 0) is 24.1 Å². The van der Waals surface area contributed by atoms with E-state index < -0.39 is 0 Å². The molecule has 2 aromatic rings. The van der Waals surface area contributed by atoms with E-state index in [1.165, 1.54) is 10.9 Å². The van der Waals surface area contributed by atoms with E-state index in [0.29, 0.717) is 6.54 Å². The standard InChI is InChI=1S/C15H13FN2/c16-18-8-3-5-11-7-9-17-13-6-2-1-4-12(13)10-14(17)15(11)18/h1-6,10H,7-9H2. The molecular formula is C15H13FN2. The first-order chi connectivity index (χ1) is 8.84. The lowest BCUT2D eigenvalue weighted by molar-refractivity contribution is 0.118. The number of allylic oxidation sites excluding steroid dienone is 2. The average Bonchev–Trinajstić information content (AvgIpc) is 2.77. The summed E-state index contributed by atoms with van der Waals surface area (Å²) in [6, 6.07) is 10.3. The van der Waals surface area contributed by atoms with Crippen LogP contribution in [0.3, 0.4) is 0 Å². The summed E-state index contributed by atoms with van der Waals surface area (Å²) in [6.07, 6.45) is 4.85. The van der Waals surface area contributed by atoms with Crippen molar-refractivity contribution in [2.24, 2.45) is 0 Å². The van der Waals surface area contributed by atoms with E-state index in [2.05, 4.69) is 28.8 Å². The van der Waals surface area contributed by atoms with E-state index in [0.717, 1.165) is 35.1 Å². The number of benzene rings is 1. The second-order valence-electron chi connectivity index (χ2n) is 4.81. The van der Waals surface area contributed by atoms with Crippen molar-refractivity contribution in [1.82, 2.24) is 9.69 Å². The topological polar surface area (TPSA) is 8.17 Å². The van der Waals surface area contributed by atoms with Crippen molar-refractivity contribution in [3.05, 3.63) is 53.8 Å². The van der Waals surface area contributed by atoms with Crippen LogP contribution < -0.4 is 0 Å². The molecule has 0 radical (unpaired) electrons. The molecule has 1 aromatic heterocycles. The average molecular weight is 240 g/mol. The molecule has 90 valence electrons. The van der Waals surface area contributed by atoms with Gasteiger partial charge in [0, 0.05) is 17.4 Å². The fourth-order valence-electron chi connectivity index (χ4n) is 2.98. The maximum absolute atomic E-state index is 14.0. The molecule has 0 atom stereocenters. The Morgan fingerprint density at radius 2 is 2.06 bits per heavy atom. The number of halogens is 1. The normalized spacial score (nSPS) is 18.2. The monoisotopic (exact) mass is 240 g/mol. The molecule has 4 rings (SSSR count). The Hall–Kier alpha value is -2.03. The minimum atomic E-state index is 0.348. The number of aryl methyl sites for hydroxylation is 1. The quantitative estimate of drug-likeness (QED) is 0.640. The third-order valence-electron chi connectivity index (χ3n) is 3.79. The Balaban J connectivity index is 2.03. The van der Waals surface area contributed by atoms with Gasteiger partial charge in [0.15, 0.2) is 0 Å². The van der Waals surface area contributed by atoms with Gasteiger partial charge in [0.25, 0.3) is 0 Å². The second-order valence-corrected chi connectivity index (χ2v) is 4.81. The van der Waals surface area contributed by atoms with Gasteiger partial charge in [0.05, 0.1) is 17.9 Å². The Morgan fingerprint density at radius 1 is 1.17 bits per heavy atom. The molecule has 0 unspecified atom stereocenters. The molecule has 0 amide bonds. The van der Waals surface area contributed by atoms with Gasteiger partial charge in [-0.2, -0.15) is 0 Å². The maximum Gasteiger partial charge on any atom is 0.0960 e. The van der Waals surface area contributed by atoms with E-state index in [-0.39, 0.29) is 0 Å². The van der Waals surface area contributed by atoms with Crippen LogP contribution in [-0.2, 0) is 6.54 Å². The van der Waals surface area contributed by atoms with Crippen LogP contribution in [0.1, 0.15) is 12.1 Å². The highest BCUT2D eigenvalue weighted by molar-refractivity contribution is 5.87. The van der Waals surface area contributed by atoms with Crippen molar-refractivity contribution in [2.75, 3.05) is 6.54 Å². The van der Waals surface area contributed by atoms with E-state index >= 15 is 0 Å². The highest BCUT2D eigenvalue weighted by Gasteiger charge is 2.26. The summed E-state index contributed by atoms with van der Waals surface area (Å²) in [6.45, 7) is 1.28. The SMILES string of the molecule is FN1CC=CC2=C1c1cc3ccccc3n1CC2. The lowest BCUT2D eigenvalue weighted by Gasteiger charge is -2.28. The van der Waals surface area contributed by atoms with Crippen molar-refractivity contribution in [2.45, 2.75) is 13.0 Å². The summed E-state index contributed by atoms with van der Waals surface area (Å²) in [5.74, 6) is 0. The van der Waals surface area contributed by atoms with Gasteiger partial charge in [-0.15, -0.1) is 0 Å². The zero-order chi connectivity index (χ0) is 12.1. The van der Waals surface area contributed by atoms with Gasteiger partial charge in [-0.3, -0.25) is 0 Å². The van der Waals surface area contributed by atoms with Crippen molar-refractivity contribution < 1.29 is 4.48 Å². The highest BCUT2D eigenvalue weighted by Crippen LogP contribution is 2.36. The number of nitrogens with zero attached hydrogens (tertiary/aromatic N) is 2. The number of hydrogen-bond donors (Lipinski definition) is 0. The molecule has 2 aliphatic rings. The predicted octanol–water partition coefficient (Wildman–Crippen LogP) is 3.51. The maximum atomic E-state index is 14.0. The van der Waals surface area contributed by atoms with Gasteiger partial charge in [-0.1, -0.05) is 34.8 Å². The van der Waals surface area contributed by atoms with Crippen LogP contribution in [0, 0.1) is 0 Å². The van der Waals surface area contributed by atoms with Crippen molar-refractivity contribution in [3.63, 3.8) is 0 Å². The molecular weight excluding hydrogens is 227 g/mol. The first kappa shape index (κ1) is 9.95. The minimum absolute atomic E-state index is 0.348. The van der Waals surface area contributed by atoms with Crippen LogP contribution in [0.2, 0.25) is 0 Å². The first-order valence-electron chi connectivity index (χ1n) is 6.26. The highest BCUT2D eigenvalue weighted by atomic mass is 19.2. The molecule has 0 N–H and O–H groups in total. The van der Waals surface area contributed by atoms with Gasteiger partial charge in [-0.25, -0.2) is 5.12 Å². The Labute approximate surface area is 105 Å². The summed E-state index contributed by atoms with van der Waals surface area (Å²) >= 11 is 0. The minimum Gasteiger partial charge on any atom is -0.339 e. The lowest BCUT2D eigenvalue weighted by Crippen LogP contribution is -2.23. The number of rotatable bonds is 0. The summed E-state index contributed by atoms with van der Waals surface area (Å²) in [4.78, 5) is 0. The van der Waals surface area contributed by atoms with E-state index in [1.807, 2.05) is 18.2 Å². The van der Waals surface area contributed by atoms with Gasteiger partial charge in [0.1, 0.15) is 0 Å². The fourth-order valence-corrected chi connectivity index (χ4v) is 2.98. The molecule has 0 fully saturated rings. The van der Waals surface area contributed by atoms with Gasteiger partial charge in [0.2, 0.25) is 0 Å². The summed E-state index contributed by atoms with van der Waals surface area (Å²) in [5.41, 5.74) is 4.06. The van der Waals surface area contributed by atoms with E-state index in [9.17, 15) is 4.48 Å². The largest absolute Gasteiger partial charge is 0.339 e. The summed E-state index contributed by atoms with van der Waals surface area (Å²) in [5, 5.41) is 2.04. The molecule has 0 bridgehead atoms. The van der Waals surface area contributed by atoms with Crippen molar-refractivity contribution in [1.29, 1.82) is 0 Å². The Morgan fingerprint density at radius 3 is 3.00 bits per heavy atom. The Bertz CT molecular complexity index is 694.